The Bertz CT molecular complexity index is 1610. The van der Waals surface area contributed by atoms with Gasteiger partial charge in [-0.25, -0.2) is 14.6 Å². The summed E-state index contributed by atoms with van der Waals surface area (Å²) in [4.78, 5) is 30.4. The lowest BCUT2D eigenvalue weighted by Crippen LogP contribution is -2.13. The van der Waals surface area contributed by atoms with Crippen LogP contribution < -0.4 is 5.76 Å². The molecule has 0 bridgehead atoms. The molecular formula is C26H24ClN5O4. The van der Waals surface area contributed by atoms with Gasteiger partial charge in [-0.15, -0.1) is 0 Å². The highest BCUT2D eigenvalue weighted by Crippen LogP contribution is 2.29. The van der Waals surface area contributed by atoms with Crippen molar-refractivity contribution in [1.82, 2.24) is 24.3 Å². The first-order valence-corrected chi connectivity index (χ1v) is 12.1. The van der Waals surface area contributed by atoms with E-state index in [1.807, 2.05) is 59.3 Å². The minimum Gasteiger partial charge on any atom is -0.476 e. The number of aromatic carboxylic acids is 1. The summed E-state index contributed by atoms with van der Waals surface area (Å²) in [7, 11) is 0. The number of fused-ring (bicyclic) bond motifs is 1. The minimum atomic E-state index is -1.09. The number of hydrogen-bond donors (Lipinski definition) is 2. The van der Waals surface area contributed by atoms with Crippen molar-refractivity contribution in [3.8, 4) is 17.1 Å². The van der Waals surface area contributed by atoms with Crippen LogP contribution in [0.4, 0.5) is 0 Å². The summed E-state index contributed by atoms with van der Waals surface area (Å²) < 4.78 is 8.40. The molecule has 5 aromatic rings. The van der Waals surface area contributed by atoms with Crippen LogP contribution >= 0.6 is 11.6 Å². The molecule has 9 nitrogen and oxygen atoms in total. The van der Waals surface area contributed by atoms with Gasteiger partial charge in [-0.3, -0.25) is 9.51 Å². The molecule has 0 aliphatic rings. The van der Waals surface area contributed by atoms with E-state index < -0.39 is 11.7 Å². The fourth-order valence-electron chi connectivity index (χ4n) is 4.48. The Hall–Kier alpha value is -4.11. The van der Waals surface area contributed by atoms with E-state index in [4.69, 9.17) is 16.1 Å². The Labute approximate surface area is 211 Å². The number of H-pyrrole nitrogens is 1. The average Bonchev–Trinajstić information content (AvgIpc) is 3.56. The molecule has 0 radical (unpaired) electrons. The summed E-state index contributed by atoms with van der Waals surface area (Å²) in [5, 5.41) is 14.6. The first kappa shape index (κ1) is 23.6. The number of aromatic nitrogens is 5. The number of carboxylic acids is 1. The largest absolute Gasteiger partial charge is 0.476 e. The Balaban J connectivity index is 1.51. The Morgan fingerprint density at radius 1 is 1.17 bits per heavy atom. The molecule has 0 saturated heterocycles. The highest BCUT2D eigenvalue weighted by atomic mass is 35.5. The van der Waals surface area contributed by atoms with E-state index >= 15 is 0 Å². The van der Waals surface area contributed by atoms with Crippen LogP contribution in [-0.4, -0.2) is 35.3 Å². The van der Waals surface area contributed by atoms with E-state index in [1.165, 1.54) is 0 Å². The van der Waals surface area contributed by atoms with Gasteiger partial charge in [0, 0.05) is 30.1 Å². The Kier molecular flexibility index (Phi) is 6.47. The van der Waals surface area contributed by atoms with Gasteiger partial charge in [-0.2, -0.15) is 0 Å². The molecule has 10 heteroatoms. The van der Waals surface area contributed by atoms with Gasteiger partial charge in [-0.1, -0.05) is 54.7 Å². The molecule has 5 rings (SSSR count). The predicted molar refractivity (Wildman–Crippen MR) is 136 cm³/mol. The first-order valence-electron chi connectivity index (χ1n) is 11.7. The summed E-state index contributed by atoms with van der Waals surface area (Å²) in [6.07, 6.45) is 5.62. The number of benzene rings is 2. The Morgan fingerprint density at radius 2 is 2.00 bits per heavy atom. The second kappa shape index (κ2) is 9.87. The van der Waals surface area contributed by atoms with Gasteiger partial charge >= 0.3 is 11.7 Å². The van der Waals surface area contributed by atoms with Crippen molar-refractivity contribution in [2.45, 2.75) is 39.2 Å². The second-order valence-corrected chi connectivity index (χ2v) is 8.91. The summed E-state index contributed by atoms with van der Waals surface area (Å²) >= 11 is 6.21. The molecule has 0 atom stereocenters. The van der Waals surface area contributed by atoms with Crippen LogP contribution in [0.5, 0.6) is 0 Å². The van der Waals surface area contributed by atoms with Crippen LogP contribution in [0.2, 0.25) is 5.15 Å². The van der Waals surface area contributed by atoms with Crippen molar-refractivity contribution in [3.63, 3.8) is 0 Å². The average molecular weight is 506 g/mol. The van der Waals surface area contributed by atoms with Gasteiger partial charge in [0.1, 0.15) is 5.82 Å². The van der Waals surface area contributed by atoms with Gasteiger partial charge in [0.2, 0.25) is 0 Å². The molecule has 2 N–H and O–H groups in total. The molecule has 0 aliphatic carbocycles. The van der Waals surface area contributed by atoms with Crippen molar-refractivity contribution in [1.29, 1.82) is 0 Å². The third kappa shape index (κ3) is 4.45. The Morgan fingerprint density at radius 3 is 2.75 bits per heavy atom. The maximum atomic E-state index is 11.9. The van der Waals surface area contributed by atoms with Crippen LogP contribution in [0.15, 0.2) is 64.0 Å². The third-order valence-electron chi connectivity index (χ3n) is 6.16. The van der Waals surface area contributed by atoms with Crippen molar-refractivity contribution < 1.29 is 14.4 Å². The number of aromatic amines is 1. The van der Waals surface area contributed by atoms with Crippen molar-refractivity contribution >= 4 is 28.5 Å². The maximum absolute atomic E-state index is 11.9. The smallest absolute Gasteiger partial charge is 0.439 e. The molecule has 36 heavy (non-hydrogen) atoms. The van der Waals surface area contributed by atoms with E-state index in [9.17, 15) is 14.7 Å². The number of nitrogens with one attached hydrogen (secondary N) is 1. The highest BCUT2D eigenvalue weighted by molar-refractivity contribution is 6.32. The number of carboxylic acid groups (broad SMARTS) is 1. The zero-order valence-corrected chi connectivity index (χ0v) is 20.3. The zero-order chi connectivity index (χ0) is 25.2. The lowest BCUT2D eigenvalue weighted by Gasteiger charge is -2.12. The number of nitrogens with zero attached hydrogens (tertiary/aromatic N) is 4. The number of halogens is 1. The first-order chi connectivity index (χ1) is 17.5. The lowest BCUT2D eigenvalue weighted by atomic mass is 10.1. The molecule has 0 fully saturated rings. The number of carbonyl (C=O) groups is 1. The van der Waals surface area contributed by atoms with E-state index in [1.54, 1.807) is 4.57 Å². The molecule has 0 aliphatic heterocycles. The van der Waals surface area contributed by atoms with Gasteiger partial charge in [0.25, 0.3) is 0 Å². The fraction of sp³-hybridized carbons (Fsp3) is 0.231. The van der Waals surface area contributed by atoms with E-state index in [-0.39, 0.29) is 10.8 Å². The number of rotatable bonds is 9. The number of imidazole rings is 1. The van der Waals surface area contributed by atoms with Crippen molar-refractivity contribution in [2.75, 3.05) is 0 Å². The van der Waals surface area contributed by atoms with E-state index in [0.717, 1.165) is 47.0 Å². The molecule has 0 spiro atoms. The van der Waals surface area contributed by atoms with Gasteiger partial charge in [-0.05, 0) is 42.3 Å². The van der Waals surface area contributed by atoms with Crippen LogP contribution in [0.1, 0.15) is 48.1 Å². The zero-order valence-electron chi connectivity index (χ0n) is 19.6. The van der Waals surface area contributed by atoms with Crippen LogP contribution in [-0.2, 0) is 13.0 Å². The van der Waals surface area contributed by atoms with Crippen LogP contribution in [0.3, 0.4) is 0 Å². The SMILES string of the molecule is CCCCCc1nc(Cl)c(C(=O)O)n1Cc1ccc2c(ccn2-c2ccccc2-c2noc(=O)[nH]2)c1. The summed E-state index contributed by atoms with van der Waals surface area (Å²) in [6, 6.07) is 15.5. The molecule has 3 aromatic heterocycles. The second-order valence-electron chi connectivity index (χ2n) is 8.56. The molecular weight excluding hydrogens is 482 g/mol. The molecule has 3 heterocycles. The maximum Gasteiger partial charge on any atom is 0.439 e. The van der Waals surface area contributed by atoms with Gasteiger partial charge in [0.05, 0.1) is 11.2 Å². The third-order valence-corrected chi connectivity index (χ3v) is 6.43. The van der Waals surface area contributed by atoms with Gasteiger partial charge < -0.3 is 14.2 Å². The van der Waals surface area contributed by atoms with Crippen molar-refractivity contribution in [2.24, 2.45) is 0 Å². The highest BCUT2D eigenvalue weighted by Gasteiger charge is 2.22. The predicted octanol–water partition coefficient (Wildman–Crippen LogP) is 5.30. The molecule has 0 saturated carbocycles. The van der Waals surface area contributed by atoms with Crippen LogP contribution in [0.25, 0.3) is 28.0 Å². The molecule has 2 aromatic carbocycles. The van der Waals surface area contributed by atoms with Crippen LogP contribution in [0, 0.1) is 0 Å². The van der Waals surface area contributed by atoms with E-state index in [2.05, 4.69) is 22.0 Å². The number of hydrogen-bond acceptors (Lipinski definition) is 5. The summed E-state index contributed by atoms with van der Waals surface area (Å²) in [6.45, 7) is 2.47. The molecule has 184 valence electrons. The summed E-state index contributed by atoms with van der Waals surface area (Å²) in [5.41, 5.74) is 3.44. The number of unbranched alkanes of at least 4 members (excludes halogenated alkanes) is 2. The van der Waals surface area contributed by atoms with E-state index in [0.29, 0.717) is 24.6 Å². The monoisotopic (exact) mass is 505 g/mol. The topological polar surface area (TPSA) is 119 Å². The van der Waals surface area contributed by atoms with Crippen molar-refractivity contribution in [3.05, 3.63) is 87.5 Å². The number of para-hydroxylation sites is 1. The number of aryl methyl sites for hydroxylation is 1. The fourth-order valence-corrected chi connectivity index (χ4v) is 4.76. The lowest BCUT2D eigenvalue weighted by molar-refractivity contribution is 0.0685. The quantitative estimate of drug-likeness (QED) is 0.262. The minimum absolute atomic E-state index is 0.0105. The normalized spacial score (nSPS) is 11.4. The standard InChI is InChI=1S/C26H24ClN5O4/c1-2-3-4-9-21-28-23(27)22(25(33)34)32(21)15-16-10-11-19-17(14-16)12-13-31(19)20-8-6-5-7-18(20)24-29-26(35)36-30-24/h5-8,10-14H,2-4,9,15H2,1H3,(H,33,34)(H,29,30,35). The molecule has 0 unspecified atom stereocenters. The molecule has 0 amide bonds. The summed E-state index contributed by atoms with van der Waals surface area (Å²) in [5.74, 6) is -0.679. The van der Waals surface area contributed by atoms with Gasteiger partial charge in [0.15, 0.2) is 16.7 Å².